The number of hydrogen-bond donors (Lipinski definition) is 0. The largest absolute Gasteiger partial charge is 0.378 e. The highest BCUT2D eigenvalue weighted by atomic mass is 32.1. The van der Waals surface area contributed by atoms with Crippen molar-refractivity contribution in [1.29, 1.82) is 0 Å². The number of amides is 2. The number of likely N-dealkylation sites (N-methyl/N-ethyl adjacent to an activating group) is 1. The van der Waals surface area contributed by atoms with E-state index in [0.29, 0.717) is 37.6 Å². The number of rotatable bonds is 4. The summed E-state index contributed by atoms with van der Waals surface area (Å²) in [7, 11) is 1.59. The monoisotopic (exact) mass is 418 g/mol. The fourth-order valence-electron chi connectivity index (χ4n) is 3.95. The maximum Gasteiger partial charge on any atom is 0.262 e. The zero-order chi connectivity index (χ0) is 20.5. The zero-order valence-corrected chi connectivity index (χ0v) is 17.7. The molecule has 0 unspecified atom stereocenters. The summed E-state index contributed by atoms with van der Waals surface area (Å²) < 4.78 is 6.62. The van der Waals surface area contributed by atoms with Gasteiger partial charge in [-0.3, -0.25) is 19.0 Å². The van der Waals surface area contributed by atoms with E-state index in [1.54, 1.807) is 23.3 Å². The number of hydrogen-bond acceptors (Lipinski definition) is 6. The number of nitrogens with zero attached hydrogens (tertiary/aromatic N) is 4. The number of morpholine rings is 1. The van der Waals surface area contributed by atoms with Gasteiger partial charge in [0.05, 0.1) is 31.5 Å². The van der Waals surface area contributed by atoms with Crippen molar-refractivity contribution in [2.45, 2.75) is 32.7 Å². The highest BCUT2D eigenvalue weighted by Crippen LogP contribution is 2.35. The van der Waals surface area contributed by atoms with Crippen LogP contribution in [0.15, 0.2) is 11.1 Å². The van der Waals surface area contributed by atoms with Gasteiger partial charge >= 0.3 is 0 Å². The first-order chi connectivity index (χ1) is 13.9. The SMILES string of the molecule is C[C@@H]1CCc2c(sc3ncn(CC(=O)N(C)CC(=O)N4CCOCC4)c(=O)c23)C1. The highest BCUT2D eigenvalue weighted by molar-refractivity contribution is 7.18. The maximum atomic E-state index is 13.0. The van der Waals surface area contributed by atoms with Gasteiger partial charge in [0.1, 0.15) is 11.4 Å². The Balaban J connectivity index is 1.48. The van der Waals surface area contributed by atoms with Crippen LogP contribution in [0, 0.1) is 5.92 Å². The second kappa shape index (κ2) is 8.23. The van der Waals surface area contributed by atoms with Crippen LogP contribution in [0.1, 0.15) is 23.8 Å². The molecular formula is C20H26N4O4S. The van der Waals surface area contributed by atoms with E-state index < -0.39 is 0 Å². The topological polar surface area (TPSA) is 84.7 Å². The Morgan fingerprint density at radius 3 is 2.86 bits per heavy atom. The van der Waals surface area contributed by atoms with Crippen LogP contribution in [0.3, 0.4) is 0 Å². The number of carbonyl (C=O) groups is 2. The van der Waals surface area contributed by atoms with E-state index in [1.165, 1.54) is 20.7 Å². The third-order valence-electron chi connectivity index (χ3n) is 5.75. The fourth-order valence-corrected chi connectivity index (χ4v) is 5.29. The summed E-state index contributed by atoms with van der Waals surface area (Å²) >= 11 is 1.60. The molecule has 2 aliphatic rings. The summed E-state index contributed by atoms with van der Waals surface area (Å²) in [6, 6.07) is 0. The molecule has 2 aromatic rings. The lowest BCUT2D eigenvalue weighted by Gasteiger charge is -2.28. The van der Waals surface area contributed by atoms with E-state index >= 15 is 0 Å². The van der Waals surface area contributed by atoms with Crippen LogP contribution < -0.4 is 5.56 Å². The molecule has 2 aromatic heterocycles. The first kappa shape index (κ1) is 20.0. The fraction of sp³-hybridized carbons (Fsp3) is 0.600. The molecule has 8 nitrogen and oxygen atoms in total. The average Bonchev–Trinajstić information content (AvgIpc) is 3.08. The number of carbonyl (C=O) groups excluding carboxylic acids is 2. The van der Waals surface area contributed by atoms with E-state index in [1.807, 2.05) is 0 Å². The molecule has 1 saturated heterocycles. The van der Waals surface area contributed by atoms with Crippen molar-refractivity contribution in [2.24, 2.45) is 5.92 Å². The van der Waals surface area contributed by atoms with Crippen LogP contribution in [-0.2, 0) is 33.7 Å². The average molecular weight is 419 g/mol. The van der Waals surface area contributed by atoms with Gasteiger partial charge in [0, 0.05) is 25.0 Å². The van der Waals surface area contributed by atoms with Crippen LogP contribution in [0.4, 0.5) is 0 Å². The van der Waals surface area contributed by atoms with E-state index in [0.717, 1.165) is 29.7 Å². The van der Waals surface area contributed by atoms with Gasteiger partial charge in [-0.15, -0.1) is 11.3 Å². The lowest BCUT2D eigenvalue weighted by Crippen LogP contribution is -2.46. The van der Waals surface area contributed by atoms with Gasteiger partial charge in [-0.25, -0.2) is 4.98 Å². The van der Waals surface area contributed by atoms with Crippen LogP contribution in [0.25, 0.3) is 10.2 Å². The minimum Gasteiger partial charge on any atom is -0.378 e. The Hall–Kier alpha value is -2.26. The van der Waals surface area contributed by atoms with Crippen molar-refractivity contribution >= 4 is 33.4 Å². The Kier molecular flexibility index (Phi) is 5.69. The minimum absolute atomic E-state index is 0.00497. The molecule has 1 aliphatic carbocycles. The van der Waals surface area contributed by atoms with Crippen molar-refractivity contribution in [3.63, 3.8) is 0 Å². The Morgan fingerprint density at radius 2 is 2.10 bits per heavy atom. The van der Waals surface area contributed by atoms with Gasteiger partial charge in [0.15, 0.2) is 0 Å². The molecule has 0 radical (unpaired) electrons. The lowest BCUT2D eigenvalue weighted by atomic mass is 9.89. The summed E-state index contributed by atoms with van der Waals surface area (Å²) in [5.41, 5.74) is 0.946. The summed E-state index contributed by atoms with van der Waals surface area (Å²) in [6.07, 6.45) is 4.39. The molecule has 0 spiro atoms. The van der Waals surface area contributed by atoms with Crippen LogP contribution >= 0.6 is 11.3 Å². The molecule has 1 atom stereocenters. The molecule has 29 heavy (non-hydrogen) atoms. The van der Waals surface area contributed by atoms with E-state index in [9.17, 15) is 14.4 Å². The van der Waals surface area contributed by atoms with Crippen LogP contribution in [0.2, 0.25) is 0 Å². The molecule has 0 bridgehead atoms. The quantitative estimate of drug-likeness (QED) is 0.737. The molecule has 0 aromatic carbocycles. The van der Waals surface area contributed by atoms with Gasteiger partial charge in [0.2, 0.25) is 11.8 Å². The second-order valence-corrected chi connectivity index (χ2v) is 9.04. The van der Waals surface area contributed by atoms with Crippen LogP contribution in [-0.4, -0.2) is 71.1 Å². The van der Waals surface area contributed by atoms with Crippen molar-refractivity contribution in [3.05, 3.63) is 27.1 Å². The van der Waals surface area contributed by atoms with E-state index in [2.05, 4.69) is 11.9 Å². The molecule has 0 N–H and O–H groups in total. The standard InChI is InChI=1S/C20H26N4O4S/c1-13-3-4-14-15(9-13)29-19-18(14)20(27)24(12-21-19)11-16(25)22(2)10-17(26)23-5-7-28-8-6-23/h12-13H,3-11H2,1-2H3/t13-/m1/s1. The predicted octanol–water partition coefficient (Wildman–Crippen LogP) is 0.900. The smallest absolute Gasteiger partial charge is 0.262 e. The number of aryl methyl sites for hydroxylation is 1. The van der Waals surface area contributed by atoms with Crippen molar-refractivity contribution in [3.8, 4) is 0 Å². The lowest BCUT2D eigenvalue weighted by molar-refractivity contribution is -0.142. The van der Waals surface area contributed by atoms with Gasteiger partial charge in [-0.2, -0.15) is 0 Å². The predicted molar refractivity (Wildman–Crippen MR) is 110 cm³/mol. The summed E-state index contributed by atoms with van der Waals surface area (Å²) in [5, 5.41) is 0.666. The van der Waals surface area contributed by atoms with Crippen LogP contribution in [0.5, 0.6) is 0 Å². The maximum absolute atomic E-state index is 13.0. The number of ether oxygens (including phenoxy) is 1. The number of fused-ring (bicyclic) bond motifs is 3. The number of thiophene rings is 1. The molecule has 9 heteroatoms. The van der Waals surface area contributed by atoms with Crippen molar-refractivity contribution < 1.29 is 14.3 Å². The van der Waals surface area contributed by atoms with E-state index in [-0.39, 0.29) is 30.5 Å². The molecule has 2 amide bonds. The summed E-state index contributed by atoms with van der Waals surface area (Å²) in [6.45, 7) is 4.24. The second-order valence-electron chi connectivity index (χ2n) is 7.95. The van der Waals surface area contributed by atoms with Gasteiger partial charge in [0.25, 0.3) is 5.56 Å². The number of aromatic nitrogens is 2. The molecule has 0 saturated carbocycles. The summed E-state index contributed by atoms with van der Waals surface area (Å²) in [5.74, 6) is 0.232. The van der Waals surface area contributed by atoms with Gasteiger partial charge in [-0.05, 0) is 30.7 Å². The van der Waals surface area contributed by atoms with Gasteiger partial charge in [-0.1, -0.05) is 6.92 Å². The highest BCUT2D eigenvalue weighted by Gasteiger charge is 2.24. The molecule has 3 heterocycles. The van der Waals surface area contributed by atoms with Crippen molar-refractivity contribution in [1.82, 2.24) is 19.4 Å². The minimum atomic E-state index is -0.285. The molecule has 4 rings (SSSR count). The van der Waals surface area contributed by atoms with E-state index in [4.69, 9.17) is 4.74 Å². The normalized spacial score (nSPS) is 19.2. The molecule has 156 valence electrons. The Labute approximate surface area is 173 Å². The summed E-state index contributed by atoms with van der Waals surface area (Å²) in [4.78, 5) is 47.6. The Morgan fingerprint density at radius 1 is 1.34 bits per heavy atom. The third-order valence-corrected chi connectivity index (χ3v) is 6.91. The van der Waals surface area contributed by atoms with Gasteiger partial charge < -0.3 is 14.5 Å². The molecule has 1 fully saturated rings. The molecular weight excluding hydrogens is 392 g/mol. The molecule has 1 aliphatic heterocycles. The third kappa shape index (κ3) is 4.06. The first-order valence-electron chi connectivity index (χ1n) is 10.0. The van der Waals surface area contributed by atoms with Crippen molar-refractivity contribution in [2.75, 3.05) is 39.9 Å². The zero-order valence-electron chi connectivity index (χ0n) is 16.8. The Bertz CT molecular complexity index is 992. The first-order valence-corrected chi connectivity index (χ1v) is 10.8.